The molecule has 0 saturated carbocycles. The zero-order valence-corrected chi connectivity index (χ0v) is 18.2. The second kappa shape index (κ2) is 8.14. The molecule has 2 aliphatic rings. The number of benzene rings is 2. The molecule has 0 N–H and O–H groups in total. The summed E-state index contributed by atoms with van der Waals surface area (Å²) in [5.74, 6) is 0. The molecule has 0 unspecified atom stereocenters. The van der Waals surface area contributed by atoms with Crippen molar-refractivity contribution in [3.05, 3.63) is 119 Å². The average Bonchev–Trinajstić information content (AvgIpc) is 2.74. The van der Waals surface area contributed by atoms with Gasteiger partial charge in [-0.25, -0.2) is 0 Å². The van der Waals surface area contributed by atoms with Crippen LogP contribution in [0.5, 0.6) is 0 Å². The summed E-state index contributed by atoms with van der Waals surface area (Å²) in [6.07, 6.45) is 11.5. The molecule has 0 aromatic heterocycles. The first-order valence-electron chi connectivity index (χ1n) is 9.49. The van der Waals surface area contributed by atoms with Crippen LogP contribution in [0, 0.1) is 0 Å². The topological polar surface area (TPSA) is 3.01 Å². The van der Waals surface area contributed by atoms with E-state index in [0.717, 1.165) is 0 Å². The molecule has 1 nitrogen and oxygen atoms in total. The molecular formula is C26H24NSe+. The van der Waals surface area contributed by atoms with E-state index in [0.29, 0.717) is 0 Å². The Kier molecular flexibility index (Phi) is 5.43. The van der Waals surface area contributed by atoms with Crippen molar-refractivity contribution in [1.29, 1.82) is 0 Å². The quantitative estimate of drug-likeness (QED) is 0.450. The van der Waals surface area contributed by atoms with Crippen molar-refractivity contribution in [3.63, 3.8) is 0 Å². The van der Waals surface area contributed by atoms with Crippen LogP contribution < -0.4 is 0 Å². The Balaban J connectivity index is 1.86. The molecule has 2 aromatic carbocycles. The first-order chi connectivity index (χ1) is 13.6. The Hall–Kier alpha value is -2.67. The SMILES string of the molecule is CC1=CC(=[N+](C)C)C=CC1=C1C=C(c2ccccc2)[Se]C(c2ccccc2)=C1. The second-order valence-corrected chi connectivity index (χ2v) is 9.47. The van der Waals surface area contributed by atoms with Crippen molar-refractivity contribution in [2.24, 2.45) is 0 Å². The van der Waals surface area contributed by atoms with Crippen LogP contribution in [-0.2, 0) is 0 Å². The van der Waals surface area contributed by atoms with Crippen molar-refractivity contribution in [2.45, 2.75) is 6.92 Å². The van der Waals surface area contributed by atoms with Crippen LogP contribution in [-0.4, -0.2) is 39.3 Å². The normalized spacial score (nSPS) is 16.5. The summed E-state index contributed by atoms with van der Waals surface area (Å²) >= 11 is 0.281. The standard InChI is InChI=1S/C26H24NSe/c1-19-16-23(27(2)3)14-15-24(19)22-17-25(20-10-6-4-7-11-20)28-26(18-22)21-12-8-5-9-13-21/h4-18H,1-3H3/q+1. The van der Waals surface area contributed by atoms with Crippen LogP contribution >= 0.6 is 0 Å². The summed E-state index contributed by atoms with van der Waals surface area (Å²) in [6, 6.07) is 21.6. The predicted molar refractivity (Wildman–Crippen MR) is 122 cm³/mol. The molecule has 1 aliphatic carbocycles. The van der Waals surface area contributed by atoms with Crippen LogP contribution in [0.3, 0.4) is 0 Å². The van der Waals surface area contributed by atoms with Gasteiger partial charge in [-0.15, -0.1) is 0 Å². The molecule has 2 heteroatoms. The van der Waals surface area contributed by atoms with E-state index < -0.39 is 0 Å². The van der Waals surface area contributed by atoms with Gasteiger partial charge >= 0.3 is 174 Å². The Labute approximate surface area is 174 Å². The first kappa shape index (κ1) is 18.7. The van der Waals surface area contributed by atoms with E-state index in [1.807, 2.05) is 0 Å². The summed E-state index contributed by atoms with van der Waals surface area (Å²) in [7, 11) is 4.18. The zero-order chi connectivity index (χ0) is 19.5. The second-order valence-electron chi connectivity index (χ2n) is 7.20. The maximum atomic E-state index is 2.39. The third-order valence-corrected chi connectivity index (χ3v) is 7.35. The van der Waals surface area contributed by atoms with Gasteiger partial charge in [0.15, 0.2) is 0 Å². The zero-order valence-electron chi connectivity index (χ0n) is 16.5. The molecule has 4 rings (SSSR count). The van der Waals surface area contributed by atoms with Crippen molar-refractivity contribution in [1.82, 2.24) is 0 Å². The van der Waals surface area contributed by atoms with Crippen LogP contribution in [0.1, 0.15) is 18.1 Å². The molecule has 0 saturated heterocycles. The molecule has 0 radical (unpaired) electrons. The average molecular weight is 429 g/mol. The molecule has 1 aliphatic heterocycles. The fourth-order valence-electron chi connectivity index (χ4n) is 3.40. The van der Waals surface area contributed by atoms with Crippen molar-refractivity contribution in [3.8, 4) is 0 Å². The maximum absolute atomic E-state index is 2.39. The number of nitrogens with zero attached hydrogens (tertiary/aromatic N) is 1. The fourth-order valence-corrected chi connectivity index (χ4v) is 5.74. The van der Waals surface area contributed by atoms with E-state index in [-0.39, 0.29) is 15.0 Å². The Morgan fingerprint density at radius 1 is 0.679 bits per heavy atom. The van der Waals surface area contributed by atoms with Crippen LogP contribution in [0.4, 0.5) is 0 Å². The van der Waals surface area contributed by atoms with Gasteiger partial charge in [0.25, 0.3) is 0 Å². The van der Waals surface area contributed by atoms with E-state index in [9.17, 15) is 0 Å². The number of allylic oxidation sites excluding steroid dienone is 8. The summed E-state index contributed by atoms with van der Waals surface area (Å²) in [5, 5.41) is 0. The molecule has 1 heterocycles. The minimum absolute atomic E-state index is 0.281. The number of hydrogen-bond acceptors (Lipinski definition) is 0. The summed E-state index contributed by atoms with van der Waals surface area (Å²) in [4.78, 5) is 0. The van der Waals surface area contributed by atoms with Gasteiger partial charge in [-0.05, 0) is 0 Å². The molecule has 28 heavy (non-hydrogen) atoms. The van der Waals surface area contributed by atoms with Gasteiger partial charge < -0.3 is 0 Å². The van der Waals surface area contributed by atoms with E-state index in [4.69, 9.17) is 0 Å². The van der Waals surface area contributed by atoms with Gasteiger partial charge in [0.1, 0.15) is 0 Å². The van der Waals surface area contributed by atoms with Crippen molar-refractivity contribution in [2.75, 3.05) is 14.1 Å². The Bertz CT molecular complexity index is 1020. The third kappa shape index (κ3) is 3.94. The number of hydrogen-bond donors (Lipinski definition) is 0. The van der Waals surface area contributed by atoms with Gasteiger partial charge in [0, 0.05) is 0 Å². The molecule has 0 fully saturated rings. The summed E-state index contributed by atoms with van der Waals surface area (Å²) < 4.78 is 5.02. The fraction of sp³-hybridized carbons (Fsp3) is 0.115. The van der Waals surface area contributed by atoms with Crippen LogP contribution in [0.2, 0.25) is 0 Å². The predicted octanol–water partition coefficient (Wildman–Crippen LogP) is 5.31. The van der Waals surface area contributed by atoms with Gasteiger partial charge in [-0.3, -0.25) is 0 Å². The minimum atomic E-state index is 0.281. The van der Waals surface area contributed by atoms with Gasteiger partial charge in [-0.2, -0.15) is 0 Å². The first-order valence-corrected chi connectivity index (χ1v) is 11.2. The Morgan fingerprint density at radius 2 is 1.21 bits per heavy atom. The van der Waals surface area contributed by atoms with Gasteiger partial charge in [0.2, 0.25) is 0 Å². The molecular weight excluding hydrogens is 405 g/mol. The van der Waals surface area contributed by atoms with Gasteiger partial charge in [0.05, 0.1) is 0 Å². The van der Waals surface area contributed by atoms with Crippen LogP contribution in [0.25, 0.3) is 8.94 Å². The molecule has 0 atom stereocenters. The van der Waals surface area contributed by atoms with Crippen molar-refractivity contribution >= 4 is 29.6 Å². The number of rotatable bonds is 2. The third-order valence-electron chi connectivity index (χ3n) is 4.95. The molecule has 0 bridgehead atoms. The molecule has 2 aromatic rings. The van der Waals surface area contributed by atoms with Crippen molar-refractivity contribution < 1.29 is 4.58 Å². The summed E-state index contributed by atoms with van der Waals surface area (Å²) in [5.41, 5.74) is 7.80. The van der Waals surface area contributed by atoms with Crippen LogP contribution in [0.15, 0.2) is 108 Å². The molecule has 138 valence electrons. The molecule has 0 spiro atoms. The van der Waals surface area contributed by atoms with E-state index in [2.05, 4.69) is 117 Å². The Morgan fingerprint density at radius 3 is 1.68 bits per heavy atom. The molecule has 0 amide bonds. The van der Waals surface area contributed by atoms with E-state index in [1.54, 1.807) is 0 Å². The van der Waals surface area contributed by atoms with Gasteiger partial charge in [-0.1, -0.05) is 0 Å². The van der Waals surface area contributed by atoms with E-state index in [1.165, 1.54) is 42.5 Å². The monoisotopic (exact) mass is 430 g/mol. The summed E-state index contributed by atoms with van der Waals surface area (Å²) in [6.45, 7) is 2.21. The van der Waals surface area contributed by atoms with E-state index >= 15 is 0 Å².